The molecule has 0 aliphatic carbocycles. The summed E-state index contributed by atoms with van der Waals surface area (Å²) >= 11 is 5.99. The van der Waals surface area contributed by atoms with Crippen LogP contribution in [0.5, 0.6) is 0 Å². The first-order valence-corrected chi connectivity index (χ1v) is 7.01. The molecule has 2 rings (SSSR count). The predicted molar refractivity (Wildman–Crippen MR) is 82.1 cm³/mol. The zero-order valence-electron chi connectivity index (χ0n) is 12.1. The molecule has 0 atom stereocenters. The third kappa shape index (κ3) is 4.70. The van der Waals surface area contributed by atoms with Crippen LogP contribution in [0.4, 0.5) is 30.6 Å². The van der Waals surface area contributed by atoms with Crippen molar-refractivity contribution in [3.63, 3.8) is 0 Å². The van der Waals surface area contributed by atoms with Gasteiger partial charge in [0.15, 0.2) is 5.69 Å². The highest BCUT2D eigenvalue weighted by Gasteiger charge is 2.33. The smallest absolute Gasteiger partial charge is 0.395 e. The standard InChI is InChI=1S/C14H14ClF3N4O/c1-8-2-3-9(6-10(8)15)20-12-7-11(14(16,17)18)21-13(22-12)19-4-5-23/h2-3,6-7,23H,4-5H2,1H3,(H2,19,20,21,22). The van der Waals surface area contributed by atoms with Crippen molar-refractivity contribution in [2.45, 2.75) is 13.1 Å². The van der Waals surface area contributed by atoms with Crippen LogP contribution in [0.15, 0.2) is 24.3 Å². The van der Waals surface area contributed by atoms with Gasteiger partial charge in [0, 0.05) is 23.3 Å². The van der Waals surface area contributed by atoms with Gasteiger partial charge in [-0.05, 0) is 24.6 Å². The van der Waals surface area contributed by atoms with Gasteiger partial charge in [-0.3, -0.25) is 0 Å². The minimum absolute atomic E-state index is 0.0346. The largest absolute Gasteiger partial charge is 0.433 e. The van der Waals surface area contributed by atoms with Gasteiger partial charge in [-0.2, -0.15) is 18.2 Å². The SMILES string of the molecule is Cc1ccc(Nc2cc(C(F)(F)F)nc(NCCO)n2)cc1Cl. The van der Waals surface area contributed by atoms with Crippen molar-refractivity contribution in [1.29, 1.82) is 0 Å². The average molecular weight is 347 g/mol. The van der Waals surface area contributed by atoms with E-state index >= 15 is 0 Å². The Kier molecular flexibility index (Phi) is 5.27. The fourth-order valence-electron chi connectivity index (χ4n) is 1.72. The molecule has 0 radical (unpaired) electrons. The number of hydrogen-bond acceptors (Lipinski definition) is 5. The number of aromatic nitrogens is 2. The monoisotopic (exact) mass is 346 g/mol. The van der Waals surface area contributed by atoms with Crippen LogP contribution in [0.1, 0.15) is 11.3 Å². The Morgan fingerprint density at radius 3 is 2.57 bits per heavy atom. The van der Waals surface area contributed by atoms with Crippen molar-refractivity contribution in [2.24, 2.45) is 0 Å². The van der Waals surface area contributed by atoms with Gasteiger partial charge >= 0.3 is 6.18 Å². The van der Waals surface area contributed by atoms with Crippen LogP contribution in [-0.4, -0.2) is 28.2 Å². The van der Waals surface area contributed by atoms with E-state index in [1.165, 1.54) is 0 Å². The quantitative estimate of drug-likeness (QED) is 0.771. The van der Waals surface area contributed by atoms with E-state index in [1.807, 2.05) is 6.92 Å². The summed E-state index contributed by atoms with van der Waals surface area (Å²) in [7, 11) is 0. The van der Waals surface area contributed by atoms with Gasteiger partial charge in [0.1, 0.15) is 5.82 Å². The molecule has 0 saturated heterocycles. The summed E-state index contributed by atoms with van der Waals surface area (Å²) in [5.74, 6) is -0.262. The van der Waals surface area contributed by atoms with Gasteiger partial charge in [0.05, 0.1) is 6.61 Å². The Morgan fingerprint density at radius 2 is 1.96 bits per heavy atom. The molecule has 0 saturated carbocycles. The molecule has 5 nitrogen and oxygen atoms in total. The third-order valence-electron chi connectivity index (χ3n) is 2.86. The molecule has 0 spiro atoms. The molecule has 0 unspecified atom stereocenters. The van der Waals surface area contributed by atoms with Crippen LogP contribution in [0.2, 0.25) is 5.02 Å². The number of rotatable bonds is 5. The molecule has 9 heteroatoms. The maximum Gasteiger partial charge on any atom is 0.433 e. The number of anilines is 3. The molecule has 124 valence electrons. The summed E-state index contributed by atoms with van der Waals surface area (Å²) in [6.07, 6.45) is -4.61. The zero-order chi connectivity index (χ0) is 17.0. The average Bonchev–Trinajstić information content (AvgIpc) is 2.48. The number of benzene rings is 1. The maximum atomic E-state index is 12.9. The van der Waals surface area contributed by atoms with Crippen LogP contribution >= 0.6 is 11.6 Å². The minimum atomic E-state index is -4.61. The molecular formula is C14H14ClF3N4O. The van der Waals surface area contributed by atoms with Gasteiger partial charge in [-0.25, -0.2) is 4.98 Å². The third-order valence-corrected chi connectivity index (χ3v) is 3.26. The highest BCUT2D eigenvalue weighted by molar-refractivity contribution is 6.31. The number of hydrogen-bond donors (Lipinski definition) is 3. The fraction of sp³-hybridized carbons (Fsp3) is 0.286. The van der Waals surface area contributed by atoms with Crippen molar-refractivity contribution in [1.82, 2.24) is 9.97 Å². The normalized spacial score (nSPS) is 11.4. The Hall–Kier alpha value is -2.06. The first kappa shape index (κ1) is 17.3. The topological polar surface area (TPSA) is 70.1 Å². The van der Waals surface area contributed by atoms with E-state index in [9.17, 15) is 13.2 Å². The summed E-state index contributed by atoms with van der Waals surface area (Å²) < 4.78 is 38.7. The van der Waals surface area contributed by atoms with E-state index in [-0.39, 0.29) is 24.9 Å². The van der Waals surface area contributed by atoms with Crippen LogP contribution in [0.25, 0.3) is 0 Å². The van der Waals surface area contributed by atoms with Crippen molar-refractivity contribution < 1.29 is 18.3 Å². The van der Waals surface area contributed by atoms with Crippen molar-refractivity contribution in [3.05, 3.63) is 40.5 Å². The first-order chi connectivity index (χ1) is 10.8. The number of nitrogens with zero attached hydrogens (tertiary/aromatic N) is 2. The lowest BCUT2D eigenvalue weighted by atomic mass is 10.2. The number of aryl methyl sites for hydroxylation is 1. The van der Waals surface area contributed by atoms with E-state index in [0.29, 0.717) is 10.7 Å². The van der Waals surface area contributed by atoms with Crippen LogP contribution in [-0.2, 0) is 6.18 Å². The lowest BCUT2D eigenvalue weighted by molar-refractivity contribution is -0.141. The summed E-state index contributed by atoms with van der Waals surface area (Å²) in [6.45, 7) is 1.60. The van der Waals surface area contributed by atoms with Crippen molar-refractivity contribution >= 4 is 29.1 Å². The lowest BCUT2D eigenvalue weighted by Crippen LogP contribution is -2.15. The molecule has 0 amide bonds. The molecule has 3 N–H and O–H groups in total. The molecule has 23 heavy (non-hydrogen) atoms. The summed E-state index contributed by atoms with van der Waals surface area (Å²) in [4.78, 5) is 7.34. The number of nitrogens with one attached hydrogen (secondary N) is 2. The van der Waals surface area contributed by atoms with Crippen molar-refractivity contribution in [3.8, 4) is 0 Å². The van der Waals surface area contributed by atoms with Gasteiger partial charge in [0.25, 0.3) is 0 Å². The first-order valence-electron chi connectivity index (χ1n) is 6.64. The molecule has 0 fully saturated rings. The van der Waals surface area contributed by atoms with Crippen LogP contribution in [0, 0.1) is 6.92 Å². The Morgan fingerprint density at radius 1 is 1.22 bits per heavy atom. The number of alkyl halides is 3. The number of aliphatic hydroxyl groups excluding tert-OH is 1. The molecule has 0 aliphatic rings. The molecule has 0 bridgehead atoms. The molecule has 1 aromatic heterocycles. The number of aliphatic hydroxyl groups is 1. The van der Waals surface area contributed by atoms with Gasteiger partial charge in [0.2, 0.25) is 5.95 Å². The summed E-state index contributed by atoms with van der Waals surface area (Å²) in [5, 5.41) is 14.5. The number of halogens is 4. The van der Waals surface area contributed by atoms with Gasteiger partial charge < -0.3 is 15.7 Å². The molecule has 0 aliphatic heterocycles. The Bertz CT molecular complexity index is 694. The van der Waals surface area contributed by atoms with E-state index < -0.39 is 11.9 Å². The lowest BCUT2D eigenvalue weighted by Gasteiger charge is -2.13. The predicted octanol–water partition coefficient (Wildman–Crippen LogP) is 3.61. The van der Waals surface area contributed by atoms with Crippen LogP contribution in [0.3, 0.4) is 0 Å². The van der Waals surface area contributed by atoms with E-state index in [1.54, 1.807) is 18.2 Å². The maximum absolute atomic E-state index is 12.9. The molecule has 1 aromatic carbocycles. The highest BCUT2D eigenvalue weighted by atomic mass is 35.5. The second-order valence-corrected chi connectivity index (χ2v) is 5.11. The second kappa shape index (κ2) is 7.01. The summed E-state index contributed by atoms with van der Waals surface area (Å²) in [5.41, 5.74) is 0.260. The van der Waals surface area contributed by atoms with E-state index in [4.69, 9.17) is 16.7 Å². The van der Waals surface area contributed by atoms with Gasteiger partial charge in [-0.1, -0.05) is 17.7 Å². The van der Waals surface area contributed by atoms with Gasteiger partial charge in [-0.15, -0.1) is 0 Å². The minimum Gasteiger partial charge on any atom is -0.395 e. The Balaban J connectivity index is 2.33. The summed E-state index contributed by atoms with van der Waals surface area (Å²) in [6, 6.07) is 5.81. The van der Waals surface area contributed by atoms with Crippen molar-refractivity contribution in [2.75, 3.05) is 23.8 Å². The fourth-order valence-corrected chi connectivity index (χ4v) is 1.90. The Labute approximate surface area is 135 Å². The highest BCUT2D eigenvalue weighted by Crippen LogP contribution is 2.31. The van der Waals surface area contributed by atoms with Crippen LogP contribution < -0.4 is 10.6 Å². The van der Waals surface area contributed by atoms with E-state index in [2.05, 4.69) is 20.6 Å². The van der Waals surface area contributed by atoms with E-state index in [0.717, 1.165) is 11.6 Å². The molecule has 2 aromatic rings. The molecule has 1 heterocycles. The zero-order valence-corrected chi connectivity index (χ0v) is 12.8. The second-order valence-electron chi connectivity index (χ2n) is 4.70. The molecular weight excluding hydrogens is 333 g/mol.